The first-order valence-electron chi connectivity index (χ1n) is 16.4. The minimum absolute atomic E-state index is 0.0837. The molecule has 45 heavy (non-hydrogen) atoms. The highest BCUT2D eigenvalue weighted by Gasteiger charge is 2.40. The first kappa shape index (κ1) is 36.4. The summed E-state index contributed by atoms with van der Waals surface area (Å²) in [5.41, 5.74) is 1.23. The van der Waals surface area contributed by atoms with E-state index in [0.29, 0.717) is 0 Å². The first-order valence-corrected chi connectivity index (χ1v) is 18.2. The molecular weight excluding hydrogens is 593 g/mol. The fourth-order valence-electron chi connectivity index (χ4n) is 5.83. The normalized spacial score (nSPS) is 16.3. The van der Waals surface area contributed by atoms with Crippen LogP contribution in [0.2, 0.25) is 0 Å². The zero-order valence-corrected chi connectivity index (χ0v) is 29.1. The Morgan fingerprint density at radius 3 is 1.76 bits per heavy atom. The highest BCUT2D eigenvalue weighted by atomic mass is 32.2. The molecule has 6 heteroatoms. The number of hydrogen-bond donors (Lipinski definition) is 0. The van der Waals surface area contributed by atoms with Gasteiger partial charge in [0.05, 0.1) is 25.5 Å². The molecule has 2 aliphatic rings. The van der Waals surface area contributed by atoms with Crippen LogP contribution >= 0.6 is 23.5 Å². The van der Waals surface area contributed by atoms with E-state index < -0.39 is 0 Å². The summed E-state index contributed by atoms with van der Waals surface area (Å²) in [6.07, 6.45) is 15.0. The predicted octanol–water partition coefficient (Wildman–Crippen LogP) is 11.8. The van der Waals surface area contributed by atoms with Gasteiger partial charge in [-0.1, -0.05) is 80.8 Å². The van der Waals surface area contributed by atoms with Crippen LogP contribution in [0.15, 0.2) is 88.7 Å². The topological polar surface area (TPSA) is 27.2 Å². The van der Waals surface area contributed by atoms with Crippen LogP contribution in [0.3, 0.4) is 0 Å². The van der Waals surface area contributed by atoms with Crippen molar-refractivity contribution in [2.45, 2.75) is 111 Å². The number of rotatable bonds is 10. The third-order valence-corrected chi connectivity index (χ3v) is 11.0. The van der Waals surface area contributed by atoms with Crippen molar-refractivity contribution in [3.8, 4) is 11.5 Å². The Bertz CT molecular complexity index is 1340. The van der Waals surface area contributed by atoms with Gasteiger partial charge >= 0.3 is 0 Å². The molecule has 2 saturated carbocycles. The van der Waals surface area contributed by atoms with E-state index in [9.17, 15) is 0 Å². The molecule has 0 heterocycles. The third-order valence-electron chi connectivity index (χ3n) is 8.43. The van der Waals surface area contributed by atoms with E-state index in [-0.39, 0.29) is 10.4 Å². The van der Waals surface area contributed by atoms with Gasteiger partial charge in [0.15, 0.2) is 0 Å². The largest absolute Gasteiger partial charge is 0.496 e. The van der Waals surface area contributed by atoms with Gasteiger partial charge in [-0.25, -0.2) is 13.1 Å². The molecule has 0 radical (unpaired) electrons. The number of ether oxygens (including phenoxy) is 2. The van der Waals surface area contributed by atoms with Crippen molar-refractivity contribution >= 4 is 23.5 Å². The summed E-state index contributed by atoms with van der Waals surface area (Å²) in [6.45, 7) is 17.1. The maximum absolute atomic E-state index is 7.49. The number of unbranched alkanes of at least 4 members (excludes halogenated alkanes) is 1. The zero-order valence-electron chi connectivity index (χ0n) is 27.4. The summed E-state index contributed by atoms with van der Waals surface area (Å²) in [7, 11) is 3.41. The average molecular weight is 643 g/mol. The standard InChI is InChI=1S/C14H17NOS.C14H17N.C11H16OS/c1-15-14(10-6-3-7-11-14)17-13-9-5-4-8-12(13)16-2;1-15-14(10-6-3-7-11-14)12-13-8-4-2-5-9-13;1-3-4-9-13-11-8-6-5-7-10(11)12-2/h4-5,8-9H,3,6-7,10-11H2,2H3;2,4-5,8-9H,3,6-7,10-12H2;5-8H,3-4,9H2,1-2H3. The summed E-state index contributed by atoms with van der Waals surface area (Å²) >= 11 is 3.56. The molecule has 0 amide bonds. The van der Waals surface area contributed by atoms with Crippen molar-refractivity contribution < 1.29 is 9.47 Å². The van der Waals surface area contributed by atoms with Crippen molar-refractivity contribution in [1.29, 1.82) is 0 Å². The lowest BCUT2D eigenvalue weighted by atomic mass is 9.78. The number of para-hydroxylation sites is 2. The number of nitrogens with zero attached hydrogens (tertiary/aromatic N) is 2. The maximum Gasteiger partial charge on any atom is 0.282 e. The summed E-state index contributed by atoms with van der Waals surface area (Å²) in [4.78, 5) is 9.91. The summed E-state index contributed by atoms with van der Waals surface area (Å²) in [5.74, 6) is 3.05. The van der Waals surface area contributed by atoms with Gasteiger partial charge in [0.2, 0.25) is 5.54 Å². The molecule has 3 aromatic carbocycles. The lowest BCUT2D eigenvalue weighted by Gasteiger charge is -2.26. The lowest BCUT2D eigenvalue weighted by molar-refractivity contribution is 0.344. The van der Waals surface area contributed by atoms with E-state index in [2.05, 4.69) is 53.0 Å². The molecule has 0 spiro atoms. The molecule has 0 atom stereocenters. The van der Waals surface area contributed by atoms with E-state index in [0.717, 1.165) is 48.5 Å². The number of hydrogen-bond acceptors (Lipinski definition) is 4. The smallest absolute Gasteiger partial charge is 0.282 e. The van der Waals surface area contributed by atoms with Crippen molar-refractivity contribution in [3.05, 3.63) is 107 Å². The summed E-state index contributed by atoms with van der Waals surface area (Å²) in [5, 5.41) is 0. The van der Waals surface area contributed by atoms with Crippen molar-refractivity contribution in [2.24, 2.45) is 0 Å². The molecule has 0 N–H and O–H groups in total. The Morgan fingerprint density at radius 2 is 1.20 bits per heavy atom. The van der Waals surface area contributed by atoms with Crippen LogP contribution in [0.1, 0.15) is 89.5 Å². The van der Waals surface area contributed by atoms with Crippen LogP contribution in [0.4, 0.5) is 0 Å². The monoisotopic (exact) mass is 642 g/mol. The maximum atomic E-state index is 7.49. The van der Waals surface area contributed by atoms with Gasteiger partial charge in [-0.05, 0) is 79.4 Å². The Balaban J connectivity index is 0.000000186. The highest BCUT2D eigenvalue weighted by Crippen LogP contribution is 2.47. The van der Waals surface area contributed by atoms with Crippen LogP contribution in [0.25, 0.3) is 9.69 Å². The number of methoxy groups -OCH3 is 2. The van der Waals surface area contributed by atoms with Gasteiger partial charge in [0.1, 0.15) is 11.5 Å². The fourth-order valence-corrected chi connectivity index (χ4v) is 8.29. The molecule has 240 valence electrons. The molecule has 0 saturated heterocycles. The highest BCUT2D eigenvalue weighted by molar-refractivity contribution is 8.01. The van der Waals surface area contributed by atoms with Crippen molar-refractivity contribution in [3.63, 3.8) is 0 Å². The van der Waals surface area contributed by atoms with Gasteiger partial charge in [-0.15, -0.1) is 11.8 Å². The molecule has 0 aromatic heterocycles. The Labute approximate surface area is 281 Å². The predicted molar refractivity (Wildman–Crippen MR) is 192 cm³/mol. The van der Waals surface area contributed by atoms with Gasteiger partial charge in [-0.3, -0.25) is 4.85 Å². The lowest BCUT2D eigenvalue weighted by Crippen LogP contribution is -2.30. The number of thioether (sulfide) groups is 2. The number of benzene rings is 3. The zero-order chi connectivity index (χ0) is 32.2. The first-order chi connectivity index (χ1) is 22.0. The third kappa shape index (κ3) is 12.0. The van der Waals surface area contributed by atoms with E-state index in [1.807, 2.05) is 54.2 Å². The molecule has 3 aromatic rings. The summed E-state index contributed by atoms with van der Waals surface area (Å²) < 4.78 is 10.6. The second kappa shape index (κ2) is 20.1. The molecule has 2 fully saturated rings. The molecule has 5 rings (SSSR count). The minimum atomic E-state index is -0.257. The Morgan fingerprint density at radius 1 is 0.667 bits per heavy atom. The fraction of sp³-hybridized carbons (Fsp3) is 0.487. The molecule has 4 nitrogen and oxygen atoms in total. The van der Waals surface area contributed by atoms with Crippen LogP contribution < -0.4 is 9.47 Å². The average Bonchev–Trinajstić information content (AvgIpc) is 3.10. The van der Waals surface area contributed by atoms with Gasteiger partial charge in [0.25, 0.3) is 4.87 Å². The van der Waals surface area contributed by atoms with Gasteiger partial charge in [-0.2, -0.15) is 0 Å². The molecule has 0 aliphatic heterocycles. The second-order valence-electron chi connectivity index (χ2n) is 11.8. The second-order valence-corrected chi connectivity index (χ2v) is 14.3. The van der Waals surface area contributed by atoms with E-state index in [1.54, 1.807) is 26.0 Å². The van der Waals surface area contributed by atoms with Crippen LogP contribution in [0.5, 0.6) is 11.5 Å². The van der Waals surface area contributed by atoms with Crippen molar-refractivity contribution in [2.75, 3.05) is 20.0 Å². The Kier molecular flexibility index (Phi) is 16.3. The molecular formula is C39H50N2O2S2. The van der Waals surface area contributed by atoms with E-state index >= 15 is 0 Å². The van der Waals surface area contributed by atoms with E-state index in [1.165, 1.54) is 67.6 Å². The molecule has 0 bridgehead atoms. The quantitative estimate of drug-likeness (QED) is 0.125. The van der Waals surface area contributed by atoms with Crippen LogP contribution in [-0.2, 0) is 6.42 Å². The van der Waals surface area contributed by atoms with Crippen LogP contribution in [0, 0.1) is 13.1 Å². The minimum Gasteiger partial charge on any atom is -0.496 e. The van der Waals surface area contributed by atoms with E-state index in [4.69, 9.17) is 22.6 Å². The summed E-state index contributed by atoms with van der Waals surface area (Å²) in [6, 6.07) is 26.6. The van der Waals surface area contributed by atoms with Crippen molar-refractivity contribution in [1.82, 2.24) is 0 Å². The van der Waals surface area contributed by atoms with Gasteiger partial charge < -0.3 is 14.3 Å². The molecule has 0 unspecified atom stereocenters. The van der Waals surface area contributed by atoms with Crippen LogP contribution in [-0.4, -0.2) is 30.4 Å². The Hall–Kier alpha value is -3.06. The SMILES string of the molecule is CCCCSc1ccccc1OC.[C-]#[N+]C1(Cc2ccccc2)CCCCC1.[C-]#[N+]C1(Sc2ccccc2OC)CCCCC1. The van der Waals surface area contributed by atoms with Gasteiger partial charge in [0, 0.05) is 30.6 Å². The molecule has 2 aliphatic carbocycles.